The molecule has 1 atom stereocenters. The van der Waals surface area contributed by atoms with Crippen molar-refractivity contribution in [2.75, 3.05) is 11.4 Å². The van der Waals surface area contributed by atoms with Gasteiger partial charge in [0.25, 0.3) is 5.91 Å². The highest BCUT2D eigenvalue weighted by molar-refractivity contribution is 14.1. The number of aromatic nitrogens is 4. The molecule has 0 N–H and O–H groups in total. The van der Waals surface area contributed by atoms with Crippen LogP contribution in [0, 0.1) is 16.4 Å². The number of halogens is 3. The van der Waals surface area contributed by atoms with Crippen molar-refractivity contribution >= 4 is 45.8 Å². The molecule has 0 saturated carbocycles. The molecule has 0 aliphatic carbocycles. The van der Waals surface area contributed by atoms with E-state index >= 15 is 0 Å². The summed E-state index contributed by atoms with van der Waals surface area (Å²) < 4.78 is 17.5. The summed E-state index contributed by atoms with van der Waals surface area (Å²) in [7, 11) is 0. The summed E-state index contributed by atoms with van der Waals surface area (Å²) in [5, 5.41) is 9.55. The lowest BCUT2D eigenvalue weighted by atomic mass is 10.1. The average Bonchev–Trinajstić information content (AvgIpc) is 3.35. The van der Waals surface area contributed by atoms with Gasteiger partial charge in [-0.1, -0.05) is 25.4 Å². The number of hydrogen-bond donors (Lipinski definition) is 0. The summed E-state index contributed by atoms with van der Waals surface area (Å²) in [5.74, 6) is -0.205. The van der Waals surface area contributed by atoms with Gasteiger partial charge in [-0.3, -0.25) is 9.48 Å². The minimum Gasteiger partial charge on any atom is -0.307 e. The Hall–Kier alpha value is -1.94. The molecule has 9 heteroatoms. The van der Waals surface area contributed by atoms with E-state index in [9.17, 15) is 9.18 Å². The van der Waals surface area contributed by atoms with E-state index in [4.69, 9.17) is 11.6 Å². The topological polar surface area (TPSA) is 56.0 Å². The summed E-state index contributed by atoms with van der Waals surface area (Å²) in [6.45, 7) is 6.56. The van der Waals surface area contributed by atoms with Crippen molar-refractivity contribution in [3.05, 3.63) is 56.4 Å². The van der Waals surface area contributed by atoms with E-state index in [1.165, 1.54) is 12.1 Å². The summed E-state index contributed by atoms with van der Waals surface area (Å²) in [6, 6.07) is 5.80. The number of carbonyl (C=O) groups excluding carboxylic acids is 1. The van der Waals surface area contributed by atoms with Crippen molar-refractivity contribution in [1.29, 1.82) is 0 Å². The molecule has 0 bridgehead atoms. The van der Waals surface area contributed by atoms with Crippen LogP contribution in [0.1, 0.15) is 43.6 Å². The molecule has 0 spiro atoms. The summed E-state index contributed by atoms with van der Waals surface area (Å²) in [5.41, 5.74) is 3.24. The van der Waals surface area contributed by atoms with Crippen molar-refractivity contribution in [3.63, 3.8) is 0 Å². The van der Waals surface area contributed by atoms with Crippen LogP contribution >= 0.6 is 34.2 Å². The highest BCUT2D eigenvalue weighted by atomic mass is 127. The number of hydrogen-bond acceptors (Lipinski definition) is 3. The van der Waals surface area contributed by atoms with Crippen LogP contribution in [0.4, 0.5) is 10.1 Å². The van der Waals surface area contributed by atoms with E-state index in [1.54, 1.807) is 32.6 Å². The first kappa shape index (κ1) is 20.3. The molecule has 2 aromatic heterocycles. The lowest BCUT2D eigenvalue weighted by Crippen LogP contribution is -2.29. The minimum atomic E-state index is -0.384. The number of rotatable bonds is 4. The van der Waals surface area contributed by atoms with Gasteiger partial charge in [-0.15, -0.1) is 0 Å². The number of benzene rings is 1. The second-order valence-corrected chi connectivity index (χ2v) is 8.79. The van der Waals surface area contributed by atoms with Crippen molar-refractivity contribution in [1.82, 2.24) is 19.6 Å². The Kier molecular flexibility index (Phi) is 5.41. The first-order chi connectivity index (χ1) is 13.8. The number of anilines is 1. The number of carbonyl (C=O) groups is 1. The quantitative estimate of drug-likeness (QED) is 0.455. The highest BCUT2D eigenvalue weighted by Gasteiger charge is 2.38. The van der Waals surface area contributed by atoms with Gasteiger partial charge in [0.2, 0.25) is 0 Å². The molecule has 1 fully saturated rings. The second-order valence-electron chi connectivity index (χ2n) is 7.39. The van der Waals surface area contributed by atoms with Crippen LogP contribution in [0.3, 0.4) is 0 Å². The fourth-order valence-corrected chi connectivity index (χ4v) is 4.53. The Balaban J connectivity index is 1.71. The van der Waals surface area contributed by atoms with Gasteiger partial charge in [-0.25, -0.2) is 9.07 Å². The van der Waals surface area contributed by atoms with Crippen LogP contribution < -0.4 is 4.90 Å². The molecule has 3 aromatic rings. The van der Waals surface area contributed by atoms with Crippen LogP contribution in [0.15, 0.2) is 30.5 Å². The molecule has 1 aromatic carbocycles. The van der Waals surface area contributed by atoms with Gasteiger partial charge < -0.3 is 4.90 Å². The van der Waals surface area contributed by atoms with Crippen LogP contribution in [-0.2, 0) is 4.79 Å². The van der Waals surface area contributed by atoms with Gasteiger partial charge in [0.05, 0.1) is 34.0 Å². The van der Waals surface area contributed by atoms with Crippen molar-refractivity contribution in [2.24, 2.45) is 0 Å². The molecule has 152 valence electrons. The fourth-order valence-electron chi connectivity index (χ4n) is 3.78. The molecule has 3 heterocycles. The standard InChI is InChI=1S/C20H20ClFIN5O/c1-11(2)18-16(10-24-28(18)14-6-4-13(22)5-7-14)26-9-8-15(20(26)29)27-12(3)17(21)19(23)25-27/h4-7,10-11,15H,8-9H2,1-3H3. The van der Waals surface area contributed by atoms with E-state index in [2.05, 4.69) is 46.6 Å². The molecular formula is C20H20ClFIN5O. The molecule has 1 aliphatic heterocycles. The number of amides is 1. The third-order valence-electron chi connectivity index (χ3n) is 5.21. The third-order valence-corrected chi connectivity index (χ3v) is 6.73. The van der Waals surface area contributed by atoms with Crippen molar-refractivity contribution < 1.29 is 9.18 Å². The highest BCUT2D eigenvalue weighted by Crippen LogP contribution is 2.36. The van der Waals surface area contributed by atoms with E-state index < -0.39 is 0 Å². The molecule has 4 rings (SSSR count). The summed E-state index contributed by atoms with van der Waals surface area (Å²) in [6.07, 6.45) is 2.36. The molecule has 1 amide bonds. The zero-order valence-corrected chi connectivity index (χ0v) is 19.1. The Labute approximate surface area is 186 Å². The van der Waals surface area contributed by atoms with Gasteiger partial charge in [0, 0.05) is 6.54 Å². The molecule has 6 nitrogen and oxygen atoms in total. The SMILES string of the molecule is Cc1c(Cl)c(I)nn1C1CCN(c2cnn(-c3ccc(F)cc3)c2C(C)C)C1=O. The molecule has 29 heavy (non-hydrogen) atoms. The van der Waals surface area contributed by atoms with Gasteiger partial charge in [0.1, 0.15) is 15.6 Å². The maximum absolute atomic E-state index is 13.3. The van der Waals surface area contributed by atoms with Crippen LogP contribution in [0.5, 0.6) is 0 Å². The van der Waals surface area contributed by atoms with Gasteiger partial charge in [-0.05, 0) is 66.1 Å². The first-order valence-corrected chi connectivity index (χ1v) is 10.8. The summed E-state index contributed by atoms with van der Waals surface area (Å²) >= 11 is 8.35. The Bertz CT molecular complexity index is 1080. The lowest BCUT2D eigenvalue weighted by Gasteiger charge is -2.20. The van der Waals surface area contributed by atoms with Crippen molar-refractivity contribution in [2.45, 2.75) is 39.2 Å². The fraction of sp³-hybridized carbons (Fsp3) is 0.350. The van der Waals surface area contributed by atoms with Crippen LogP contribution in [0.25, 0.3) is 5.69 Å². The number of nitrogens with zero attached hydrogens (tertiary/aromatic N) is 5. The Morgan fingerprint density at radius 2 is 1.97 bits per heavy atom. The zero-order valence-electron chi connectivity index (χ0n) is 16.2. The van der Waals surface area contributed by atoms with Crippen LogP contribution in [-0.4, -0.2) is 32.0 Å². The second kappa shape index (κ2) is 7.71. The molecule has 1 unspecified atom stereocenters. The van der Waals surface area contributed by atoms with E-state index in [0.717, 1.165) is 22.8 Å². The van der Waals surface area contributed by atoms with Gasteiger partial charge in [-0.2, -0.15) is 10.2 Å². The average molecular weight is 528 g/mol. The maximum atomic E-state index is 13.3. The zero-order chi connectivity index (χ0) is 20.9. The van der Waals surface area contributed by atoms with E-state index in [-0.39, 0.29) is 23.7 Å². The molecule has 1 saturated heterocycles. The predicted molar refractivity (Wildman–Crippen MR) is 118 cm³/mol. The van der Waals surface area contributed by atoms with E-state index in [0.29, 0.717) is 21.7 Å². The van der Waals surface area contributed by atoms with Crippen molar-refractivity contribution in [3.8, 4) is 5.69 Å². The summed E-state index contributed by atoms with van der Waals surface area (Å²) in [4.78, 5) is 15.1. The maximum Gasteiger partial charge on any atom is 0.252 e. The molecular weight excluding hydrogens is 508 g/mol. The third kappa shape index (κ3) is 3.46. The normalized spacial score (nSPS) is 17.0. The van der Waals surface area contributed by atoms with Gasteiger partial charge in [0.15, 0.2) is 0 Å². The lowest BCUT2D eigenvalue weighted by molar-refractivity contribution is -0.120. The largest absolute Gasteiger partial charge is 0.307 e. The van der Waals surface area contributed by atoms with Crippen LogP contribution in [0.2, 0.25) is 5.02 Å². The molecule has 1 aliphatic rings. The van der Waals surface area contributed by atoms with Gasteiger partial charge >= 0.3 is 0 Å². The molecule has 0 radical (unpaired) electrons. The monoisotopic (exact) mass is 527 g/mol. The first-order valence-electron chi connectivity index (χ1n) is 9.35. The Morgan fingerprint density at radius 3 is 2.55 bits per heavy atom. The van der Waals surface area contributed by atoms with E-state index in [1.807, 2.05) is 6.92 Å². The predicted octanol–water partition coefficient (Wildman–Crippen LogP) is 4.88. The smallest absolute Gasteiger partial charge is 0.252 e. The minimum absolute atomic E-state index is 0.0239. The Morgan fingerprint density at radius 1 is 1.28 bits per heavy atom.